The van der Waals surface area contributed by atoms with Crippen molar-refractivity contribution in [1.29, 1.82) is 0 Å². The van der Waals surface area contributed by atoms with Crippen LogP contribution in [0.15, 0.2) is 23.6 Å². The number of hydrogen-bond donors (Lipinski definition) is 1. The lowest BCUT2D eigenvalue weighted by molar-refractivity contribution is 0.525. The number of rotatable bonds is 6. The monoisotopic (exact) mass is 328 g/mol. The van der Waals surface area contributed by atoms with Crippen molar-refractivity contribution in [3.05, 3.63) is 49.9 Å². The van der Waals surface area contributed by atoms with E-state index in [1.54, 1.807) is 11.3 Å². The van der Waals surface area contributed by atoms with Crippen molar-refractivity contribution in [3.8, 4) is 0 Å². The molecule has 5 heteroatoms. The van der Waals surface area contributed by atoms with Crippen molar-refractivity contribution in [2.24, 2.45) is 0 Å². The maximum absolute atomic E-state index is 6.33. The first kappa shape index (κ1) is 15.8. The Morgan fingerprint density at radius 1 is 1.30 bits per heavy atom. The van der Waals surface area contributed by atoms with Gasteiger partial charge in [-0.1, -0.05) is 36.2 Å². The van der Waals surface area contributed by atoms with E-state index in [1.165, 1.54) is 0 Å². The van der Waals surface area contributed by atoms with E-state index in [0.29, 0.717) is 10.0 Å². The molecule has 20 heavy (non-hydrogen) atoms. The predicted octanol–water partition coefficient (Wildman–Crippen LogP) is 5.04. The van der Waals surface area contributed by atoms with Gasteiger partial charge in [0.1, 0.15) is 0 Å². The van der Waals surface area contributed by atoms with E-state index >= 15 is 0 Å². The standard InChI is InChI=1S/C15H18Cl2N2S/c1-3-7-18-14(8-11-9-20-10(2)19-11)15-12(16)5-4-6-13(15)17/h4-6,9,14,18H,3,7-8H2,1-2H3. The summed E-state index contributed by atoms with van der Waals surface area (Å²) in [5.41, 5.74) is 2.05. The number of halogens is 2. The molecule has 0 spiro atoms. The van der Waals surface area contributed by atoms with Gasteiger partial charge in [-0.3, -0.25) is 0 Å². The summed E-state index contributed by atoms with van der Waals surface area (Å²) in [7, 11) is 0. The lowest BCUT2D eigenvalue weighted by Gasteiger charge is -2.20. The van der Waals surface area contributed by atoms with Crippen LogP contribution in [-0.2, 0) is 6.42 Å². The van der Waals surface area contributed by atoms with Crippen LogP contribution in [0.1, 0.15) is 35.7 Å². The molecule has 0 aliphatic carbocycles. The zero-order valence-electron chi connectivity index (χ0n) is 11.6. The molecule has 2 nitrogen and oxygen atoms in total. The van der Waals surface area contributed by atoms with E-state index in [9.17, 15) is 0 Å². The number of aryl methyl sites for hydroxylation is 1. The number of hydrogen-bond acceptors (Lipinski definition) is 3. The molecule has 0 aliphatic rings. The third kappa shape index (κ3) is 3.95. The minimum atomic E-state index is 0.0950. The van der Waals surface area contributed by atoms with E-state index in [2.05, 4.69) is 22.6 Å². The number of nitrogens with zero attached hydrogens (tertiary/aromatic N) is 1. The highest BCUT2D eigenvalue weighted by atomic mass is 35.5. The van der Waals surface area contributed by atoms with E-state index in [4.69, 9.17) is 23.2 Å². The molecule has 0 saturated carbocycles. The van der Waals surface area contributed by atoms with Crippen molar-refractivity contribution in [2.75, 3.05) is 6.54 Å². The van der Waals surface area contributed by atoms with Crippen LogP contribution in [0.5, 0.6) is 0 Å². The van der Waals surface area contributed by atoms with Crippen LogP contribution < -0.4 is 5.32 Å². The average Bonchev–Trinajstić information content (AvgIpc) is 2.81. The van der Waals surface area contributed by atoms with Crippen molar-refractivity contribution >= 4 is 34.5 Å². The molecule has 0 aliphatic heterocycles. The van der Waals surface area contributed by atoms with Gasteiger partial charge in [-0.2, -0.15) is 0 Å². The van der Waals surface area contributed by atoms with E-state index in [-0.39, 0.29) is 6.04 Å². The van der Waals surface area contributed by atoms with Crippen LogP contribution in [0, 0.1) is 6.92 Å². The van der Waals surface area contributed by atoms with Crippen LogP contribution >= 0.6 is 34.5 Å². The highest BCUT2D eigenvalue weighted by Crippen LogP contribution is 2.32. The molecule has 0 amide bonds. The van der Waals surface area contributed by atoms with Gasteiger partial charge < -0.3 is 5.32 Å². The van der Waals surface area contributed by atoms with E-state index in [1.807, 2.05) is 25.1 Å². The van der Waals surface area contributed by atoms with E-state index < -0.39 is 0 Å². The van der Waals surface area contributed by atoms with Crippen LogP contribution in [0.3, 0.4) is 0 Å². The molecular weight excluding hydrogens is 311 g/mol. The summed E-state index contributed by atoms with van der Waals surface area (Å²) < 4.78 is 0. The second kappa shape index (κ2) is 7.41. The first-order chi connectivity index (χ1) is 9.61. The second-order valence-electron chi connectivity index (χ2n) is 4.70. The summed E-state index contributed by atoms with van der Waals surface area (Å²) in [4.78, 5) is 4.54. The Balaban J connectivity index is 2.27. The lowest BCUT2D eigenvalue weighted by atomic mass is 10.0. The van der Waals surface area contributed by atoms with Crippen molar-refractivity contribution in [1.82, 2.24) is 10.3 Å². The van der Waals surface area contributed by atoms with Crippen LogP contribution in [-0.4, -0.2) is 11.5 Å². The van der Waals surface area contributed by atoms with Crippen molar-refractivity contribution < 1.29 is 0 Å². The maximum atomic E-state index is 6.33. The maximum Gasteiger partial charge on any atom is 0.0897 e. The molecule has 2 rings (SSSR count). The number of aromatic nitrogens is 1. The van der Waals surface area contributed by atoms with Gasteiger partial charge in [-0.15, -0.1) is 11.3 Å². The average molecular weight is 329 g/mol. The predicted molar refractivity (Wildman–Crippen MR) is 88.1 cm³/mol. The molecule has 0 radical (unpaired) electrons. The Morgan fingerprint density at radius 3 is 2.55 bits per heavy atom. The molecule has 1 heterocycles. The van der Waals surface area contributed by atoms with Crippen molar-refractivity contribution in [2.45, 2.75) is 32.7 Å². The molecule has 1 N–H and O–H groups in total. The van der Waals surface area contributed by atoms with Gasteiger partial charge in [0.25, 0.3) is 0 Å². The van der Waals surface area contributed by atoms with Gasteiger partial charge >= 0.3 is 0 Å². The summed E-state index contributed by atoms with van der Waals surface area (Å²) in [6.45, 7) is 5.09. The Morgan fingerprint density at radius 2 is 2.00 bits per heavy atom. The minimum Gasteiger partial charge on any atom is -0.310 e. The molecule has 0 bridgehead atoms. The normalized spacial score (nSPS) is 12.6. The fourth-order valence-electron chi connectivity index (χ4n) is 2.15. The largest absolute Gasteiger partial charge is 0.310 e. The molecule has 2 aromatic rings. The SMILES string of the molecule is CCCNC(Cc1csc(C)n1)c1c(Cl)cccc1Cl. The fraction of sp³-hybridized carbons (Fsp3) is 0.400. The third-order valence-corrected chi connectivity index (χ3v) is 4.55. The lowest BCUT2D eigenvalue weighted by Crippen LogP contribution is -2.25. The zero-order chi connectivity index (χ0) is 14.5. The molecule has 0 saturated heterocycles. The Kier molecular flexibility index (Phi) is 5.85. The smallest absolute Gasteiger partial charge is 0.0897 e. The summed E-state index contributed by atoms with van der Waals surface area (Å²) in [5.74, 6) is 0. The highest BCUT2D eigenvalue weighted by molar-refractivity contribution is 7.09. The molecular formula is C15H18Cl2N2S. The van der Waals surface area contributed by atoms with Gasteiger partial charge in [-0.05, 0) is 32.0 Å². The zero-order valence-corrected chi connectivity index (χ0v) is 13.9. The molecule has 1 atom stereocenters. The summed E-state index contributed by atoms with van der Waals surface area (Å²) in [5, 5.41) is 8.11. The van der Waals surface area contributed by atoms with Crippen LogP contribution in [0.25, 0.3) is 0 Å². The first-order valence-corrected chi connectivity index (χ1v) is 8.33. The van der Waals surface area contributed by atoms with Gasteiger partial charge in [0.2, 0.25) is 0 Å². The first-order valence-electron chi connectivity index (χ1n) is 6.70. The molecule has 108 valence electrons. The van der Waals surface area contributed by atoms with Crippen LogP contribution in [0.4, 0.5) is 0 Å². The summed E-state index contributed by atoms with van der Waals surface area (Å²) in [6.07, 6.45) is 1.86. The summed E-state index contributed by atoms with van der Waals surface area (Å²) >= 11 is 14.3. The Bertz CT molecular complexity index is 549. The molecule has 1 aromatic heterocycles. The molecule has 0 fully saturated rings. The third-order valence-electron chi connectivity index (χ3n) is 3.07. The Labute approximate surface area is 134 Å². The van der Waals surface area contributed by atoms with Gasteiger partial charge in [-0.25, -0.2) is 4.98 Å². The molecule has 1 unspecified atom stereocenters. The number of nitrogens with one attached hydrogen (secondary N) is 1. The minimum absolute atomic E-state index is 0.0950. The van der Waals surface area contributed by atoms with E-state index in [0.717, 1.165) is 35.7 Å². The van der Waals surface area contributed by atoms with Gasteiger partial charge in [0.15, 0.2) is 0 Å². The summed E-state index contributed by atoms with van der Waals surface area (Å²) in [6, 6.07) is 5.74. The number of thiazole rings is 1. The van der Waals surface area contributed by atoms with Crippen molar-refractivity contribution in [3.63, 3.8) is 0 Å². The fourth-order valence-corrected chi connectivity index (χ4v) is 3.44. The molecule has 1 aromatic carbocycles. The quantitative estimate of drug-likeness (QED) is 0.803. The topological polar surface area (TPSA) is 24.9 Å². The van der Waals surface area contributed by atoms with Gasteiger partial charge in [0.05, 0.1) is 10.7 Å². The second-order valence-corrected chi connectivity index (χ2v) is 6.58. The van der Waals surface area contributed by atoms with Crippen LogP contribution in [0.2, 0.25) is 10.0 Å². The number of benzene rings is 1. The highest BCUT2D eigenvalue weighted by Gasteiger charge is 2.19. The van der Waals surface area contributed by atoms with Gasteiger partial charge in [0, 0.05) is 33.5 Å². The Hall–Kier alpha value is -0.610.